The second-order valence-corrected chi connectivity index (χ2v) is 9.52. The van der Waals surface area contributed by atoms with Crippen LogP contribution in [-0.4, -0.2) is 94.8 Å². The number of nitrogens with one attached hydrogen (secondary N) is 1. The number of anilines is 2. The number of β-amino-alcohol motifs (C(OH)–C–C–N with tert-alkyl or cyclic N) is 1. The summed E-state index contributed by atoms with van der Waals surface area (Å²) in [5.74, 6) is 1.35. The summed E-state index contributed by atoms with van der Waals surface area (Å²) in [4.78, 5) is 17.6. The van der Waals surface area contributed by atoms with Gasteiger partial charge in [-0.3, -0.25) is 4.57 Å². The van der Waals surface area contributed by atoms with Crippen molar-refractivity contribution in [3.63, 3.8) is 0 Å². The SMILES string of the molecule is C/C=C\c1nc(C(F)F)n(-c2cc(N3CCOCC3)nc(NCC3CCN(CC(O)CF)CC3)n2)c1C. The summed E-state index contributed by atoms with van der Waals surface area (Å²) in [6, 6.07) is 1.73. The van der Waals surface area contributed by atoms with Crippen molar-refractivity contribution < 1.29 is 23.0 Å². The Labute approximate surface area is 215 Å². The second kappa shape index (κ2) is 12.7. The van der Waals surface area contributed by atoms with Gasteiger partial charge in [0.15, 0.2) is 5.82 Å². The smallest absolute Gasteiger partial charge is 0.296 e. The average molecular weight is 524 g/mol. The van der Waals surface area contributed by atoms with E-state index in [2.05, 4.69) is 25.1 Å². The van der Waals surface area contributed by atoms with Gasteiger partial charge in [-0.25, -0.2) is 18.2 Å². The van der Waals surface area contributed by atoms with Crippen molar-refractivity contribution in [1.29, 1.82) is 0 Å². The summed E-state index contributed by atoms with van der Waals surface area (Å²) < 4.78 is 47.5. The molecule has 204 valence electrons. The molecule has 0 saturated carbocycles. The van der Waals surface area contributed by atoms with Crippen LogP contribution in [0.5, 0.6) is 0 Å². The highest BCUT2D eigenvalue weighted by Crippen LogP contribution is 2.28. The largest absolute Gasteiger partial charge is 0.389 e. The number of halogens is 3. The minimum atomic E-state index is -2.77. The Kier molecular flexibility index (Phi) is 9.38. The average Bonchev–Trinajstić information content (AvgIpc) is 3.25. The Morgan fingerprint density at radius 3 is 2.49 bits per heavy atom. The van der Waals surface area contributed by atoms with Gasteiger partial charge in [0.1, 0.15) is 18.3 Å². The Balaban J connectivity index is 1.57. The lowest BCUT2D eigenvalue weighted by molar-refractivity contribution is 0.0733. The number of aromatic nitrogens is 4. The van der Waals surface area contributed by atoms with Gasteiger partial charge in [-0.15, -0.1) is 0 Å². The number of ether oxygens (including phenoxy) is 1. The maximum Gasteiger partial charge on any atom is 0.296 e. The number of hydrogen-bond donors (Lipinski definition) is 2. The molecular formula is C25H36F3N7O2. The molecule has 9 nitrogen and oxygen atoms in total. The van der Waals surface area contributed by atoms with Gasteiger partial charge in [0.25, 0.3) is 6.43 Å². The summed E-state index contributed by atoms with van der Waals surface area (Å²) in [5, 5.41) is 12.9. The van der Waals surface area contributed by atoms with Crippen molar-refractivity contribution >= 4 is 17.8 Å². The maximum absolute atomic E-state index is 14.0. The number of alkyl halides is 3. The highest BCUT2D eigenvalue weighted by atomic mass is 19.3. The van der Waals surface area contributed by atoms with E-state index in [4.69, 9.17) is 9.72 Å². The summed E-state index contributed by atoms with van der Waals surface area (Å²) in [6.07, 6.45) is 1.56. The fourth-order valence-corrected chi connectivity index (χ4v) is 4.82. The number of aliphatic hydroxyl groups is 1. The van der Waals surface area contributed by atoms with Crippen LogP contribution in [0.2, 0.25) is 0 Å². The summed E-state index contributed by atoms with van der Waals surface area (Å²) in [7, 11) is 0. The van der Waals surface area contributed by atoms with Crippen LogP contribution in [0.1, 0.15) is 43.4 Å². The third kappa shape index (κ3) is 6.79. The Morgan fingerprint density at radius 1 is 1.14 bits per heavy atom. The molecule has 0 radical (unpaired) electrons. The van der Waals surface area contributed by atoms with Crippen molar-refractivity contribution in [2.45, 2.75) is 39.2 Å². The van der Waals surface area contributed by atoms with E-state index >= 15 is 0 Å². The molecule has 0 spiro atoms. The summed E-state index contributed by atoms with van der Waals surface area (Å²) in [6.45, 7) is 7.79. The van der Waals surface area contributed by atoms with Crippen molar-refractivity contribution in [2.75, 3.05) is 69.4 Å². The number of allylic oxidation sites excluding steroid dienone is 1. The van der Waals surface area contributed by atoms with Crippen molar-refractivity contribution in [3.05, 3.63) is 29.4 Å². The van der Waals surface area contributed by atoms with Crippen LogP contribution in [0.4, 0.5) is 24.9 Å². The molecular weight excluding hydrogens is 487 g/mol. The third-order valence-electron chi connectivity index (χ3n) is 6.86. The Morgan fingerprint density at radius 2 is 1.84 bits per heavy atom. The summed E-state index contributed by atoms with van der Waals surface area (Å²) >= 11 is 0. The monoisotopic (exact) mass is 523 g/mol. The van der Waals surface area contributed by atoms with Gasteiger partial charge in [0, 0.05) is 37.9 Å². The molecule has 2 aliphatic rings. The number of hydrogen-bond acceptors (Lipinski definition) is 8. The highest BCUT2D eigenvalue weighted by Gasteiger charge is 2.25. The second-order valence-electron chi connectivity index (χ2n) is 9.52. The van der Waals surface area contributed by atoms with Crippen LogP contribution in [-0.2, 0) is 4.74 Å². The van der Waals surface area contributed by atoms with Gasteiger partial charge >= 0.3 is 0 Å². The highest BCUT2D eigenvalue weighted by molar-refractivity contribution is 5.54. The van der Waals surface area contributed by atoms with Gasteiger partial charge in [0.05, 0.1) is 25.0 Å². The van der Waals surface area contributed by atoms with Gasteiger partial charge in [-0.2, -0.15) is 9.97 Å². The molecule has 0 amide bonds. The minimum absolute atomic E-state index is 0.338. The standard InChI is InChI=1S/C25H36F3N7O2/c1-3-4-20-17(2)35(24(30-20)23(27)28)22-13-21(34-9-11-37-12-10-34)31-25(32-22)29-15-18-5-7-33(8-6-18)16-19(36)14-26/h3-4,13,18-19,23,36H,5-12,14-16H2,1-2H3,(H,29,31,32)/b4-3-. The predicted octanol–water partition coefficient (Wildman–Crippen LogP) is 3.23. The van der Waals surface area contributed by atoms with E-state index in [1.165, 1.54) is 4.57 Å². The first-order valence-corrected chi connectivity index (χ1v) is 12.8. The van der Waals surface area contributed by atoms with Crippen LogP contribution in [0, 0.1) is 12.8 Å². The first-order chi connectivity index (χ1) is 17.9. The molecule has 0 bridgehead atoms. The number of imidazole rings is 1. The molecule has 2 fully saturated rings. The molecule has 0 aromatic carbocycles. The number of rotatable bonds is 10. The van der Waals surface area contributed by atoms with Crippen LogP contribution < -0.4 is 10.2 Å². The number of aliphatic hydroxyl groups excluding tert-OH is 1. The Bertz CT molecular complexity index is 1050. The molecule has 1 atom stereocenters. The molecule has 0 aliphatic carbocycles. The summed E-state index contributed by atoms with van der Waals surface area (Å²) in [5.41, 5.74) is 1.05. The third-order valence-corrected chi connectivity index (χ3v) is 6.86. The fraction of sp³-hybridized carbons (Fsp3) is 0.640. The molecule has 2 saturated heterocycles. The van der Waals surface area contributed by atoms with Crippen LogP contribution in [0.3, 0.4) is 0 Å². The lowest BCUT2D eigenvalue weighted by atomic mass is 9.96. The molecule has 1 unspecified atom stereocenters. The van der Waals surface area contributed by atoms with Gasteiger partial charge in [-0.1, -0.05) is 6.08 Å². The van der Waals surface area contributed by atoms with E-state index in [9.17, 15) is 18.3 Å². The number of piperidine rings is 1. The zero-order chi connectivity index (χ0) is 26.4. The molecule has 37 heavy (non-hydrogen) atoms. The molecule has 4 heterocycles. The van der Waals surface area contributed by atoms with Gasteiger partial charge in [0.2, 0.25) is 5.95 Å². The van der Waals surface area contributed by atoms with E-state index in [0.29, 0.717) is 74.3 Å². The van der Waals surface area contributed by atoms with Gasteiger partial charge in [-0.05, 0) is 51.8 Å². The molecule has 4 rings (SSSR count). The molecule has 2 N–H and O–H groups in total. The zero-order valence-electron chi connectivity index (χ0n) is 21.4. The van der Waals surface area contributed by atoms with E-state index in [1.54, 1.807) is 25.1 Å². The topological polar surface area (TPSA) is 91.6 Å². The van der Waals surface area contributed by atoms with Crippen molar-refractivity contribution in [3.8, 4) is 5.82 Å². The van der Waals surface area contributed by atoms with E-state index < -0.39 is 19.2 Å². The number of morpholine rings is 1. The molecule has 2 aromatic heterocycles. The lowest BCUT2D eigenvalue weighted by Gasteiger charge is -2.33. The zero-order valence-corrected chi connectivity index (χ0v) is 21.4. The maximum atomic E-state index is 14.0. The predicted molar refractivity (Wildman–Crippen MR) is 136 cm³/mol. The van der Waals surface area contributed by atoms with Gasteiger partial charge < -0.3 is 25.0 Å². The minimum Gasteiger partial charge on any atom is -0.389 e. The van der Waals surface area contributed by atoms with Crippen LogP contribution >= 0.6 is 0 Å². The first kappa shape index (κ1) is 27.3. The lowest BCUT2D eigenvalue weighted by Crippen LogP contribution is -2.40. The molecule has 2 aromatic rings. The van der Waals surface area contributed by atoms with Crippen LogP contribution in [0.15, 0.2) is 12.1 Å². The number of nitrogens with zero attached hydrogens (tertiary/aromatic N) is 6. The molecule has 2 aliphatic heterocycles. The fourth-order valence-electron chi connectivity index (χ4n) is 4.82. The molecule has 12 heteroatoms. The van der Waals surface area contributed by atoms with Crippen molar-refractivity contribution in [2.24, 2.45) is 5.92 Å². The van der Waals surface area contributed by atoms with E-state index in [0.717, 1.165) is 25.9 Å². The van der Waals surface area contributed by atoms with E-state index in [1.807, 2.05) is 6.92 Å². The normalized spacial score (nSPS) is 18.7. The van der Waals surface area contributed by atoms with Crippen LogP contribution in [0.25, 0.3) is 11.9 Å². The van der Waals surface area contributed by atoms with Crippen molar-refractivity contribution in [1.82, 2.24) is 24.4 Å². The quantitative estimate of drug-likeness (QED) is 0.491. The first-order valence-electron chi connectivity index (χ1n) is 12.8. The Hall–Kier alpha value is -2.70. The van der Waals surface area contributed by atoms with E-state index in [-0.39, 0.29) is 5.82 Å². The number of likely N-dealkylation sites (tertiary alicyclic amines) is 1.